The fourth-order valence-electron chi connectivity index (χ4n) is 4.57. The number of hydrogen-bond donors (Lipinski definition) is 0. The number of fused-ring (bicyclic) bond motifs is 1. The number of aromatic nitrogens is 2. The van der Waals surface area contributed by atoms with E-state index >= 15 is 0 Å². The molecule has 0 aliphatic heterocycles. The van der Waals surface area contributed by atoms with E-state index in [1.54, 1.807) is 0 Å². The zero-order valence-corrected chi connectivity index (χ0v) is 18.2. The van der Waals surface area contributed by atoms with Gasteiger partial charge in [-0.25, -0.2) is 9.78 Å². The van der Waals surface area contributed by atoms with Gasteiger partial charge in [-0.2, -0.15) is 4.98 Å². The minimum Gasteiger partial charge on any atom is -0.458 e. The minimum atomic E-state index is -0.227. The molecule has 28 heavy (non-hydrogen) atoms. The average Bonchev–Trinajstić information content (AvgIpc) is 3.04. The Hall–Kier alpha value is -1.40. The van der Waals surface area contributed by atoms with Gasteiger partial charge in [-0.3, -0.25) is 0 Å². The molecule has 0 atom stereocenters. The van der Waals surface area contributed by atoms with E-state index in [1.165, 1.54) is 49.9 Å². The predicted molar refractivity (Wildman–Crippen MR) is 115 cm³/mol. The van der Waals surface area contributed by atoms with E-state index in [1.807, 2.05) is 6.92 Å². The molecule has 2 saturated carbocycles. The molecule has 2 fully saturated rings. The van der Waals surface area contributed by atoms with Crippen molar-refractivity contribution in [3.8, 4) is 0 Å². The summed E-state index contributed by atoms with van der Waals surface area (Å²) in [4.78, 5) is 25.5. The molecule has 2 heterocycles. The molecule has 4 rings (SSSR count). The molecule has 7 heteroatoms. The van der Waals surface area contributed by atoms with Gasteiger partial charge in [-0.05, 0) is 62.6 Å². The van der Waals surface area contributed by atoms with Crippen LogP contribution in [0.4, 0.5) is 5.82 Å². The van der Waals surface area contributed by atoms with Crippen LogP contribution in [0.25, 0.3) is 10.2 Å². The van der Waals surface area contributed by atoms with Crippen molar-refractivity contribution < 1.29 is 9.53 Å². The summed E-state index contributed by atoms with van der Waals surface area (Å²) in [5, 5.41) is 1.18. The first-order chi connectivity index (χ1) is 13.5. The predicted octanol–water partition coefficient (Wildman–Crippen LogP) is 5.91. The summed E-state index contributed by atoms with van der Waals surface area (Å²) in [5.74, 6) is 0.613. The zero-order chi connectivity index (χ0) is 19.7. The number of aryl methyl sites for hydroxylation is 1. The van der Waals surface area contributed by atoms with Crippen LogP contribution in [-0.2, 0) is 4.74 Å². The summed E-state index contributed by atoms with van der Waals surface area (Å²) >= 11 is 7.62. The van der Waals surface area contributed by atoms with E-state index in [-0.39, 0.29) is 17.4 Å². The lowest BCUT2D eigenvalue weighted by molar-refractivity contribution is 0.0216. The summed E-state index contributed by atoms with van der Waals surface area (Å²) in [7, 11) is 2.09. The van der Waals surface area contributed by atoms with Crippen molar-refractivity contribution in [2.24, 2.45) is 0 Å². The molecule has 0 bridgehead atoms. The second-order valence-corrected chi connectivity index (χ2v) is 9.46. The van der Waals surface area contributed by atoms with Gasteiger partial charge in [0.05, 0.1) is 5.39 Å². The Morgan fingerprint density at radius 3 is 2.39 bits per heavy atom. The normalized spacial score (nSPS) is 19.1. The molecule has 0 N–H and O–H groups in total. The molecule has 0 radical (unpaired) electrons. The minimum absolute atomic E-state index is 0.0462. The number of ether oxygens (including phenoxy) is 1. The van der Waals surface area contributed by atoms with Crippen LogP contribution in [0.5, 0.6) is 0 Å². The first kappa shape index (κ1) is 19.9. The van der Waals surface area contributed by atoms with E-state index in [4.69, 9.17) is 16.3 Å². The summed E-state index contributed by atoms with van der Waals surface area (Å²) < 4.78 is 5.81. The molecule has 2 aliphatic rings. The number of rotatable bonds is 4. The topological polar surface area (TPSA) is 55.3 Å². The lowest BCUT2D eigenvalue weighted by Crippen LogP contribution is -2.34. The second-order valence-electron chi connectivity index (χ2n) is 8.12. The molecule has 0 aromatic carbocycles. The Balaban J connectivity index is 1.66. The highest BCUT2D eigenvalue weighted by Gasteiger charge is 2.27. The van der Waals surface area contributed by atoms with Gasteiger partial charge in [0.25, 0.3) is 0 Å². The number of halogens is 1. The van der Waals surface area contributed by atoms with Crippen molar-refractivity contribution in [1.82, 2.24) is 9.97 Å². The molecule has 0 saturated heterocycles. The van der Waals surface area contributed by atoms with Crippen LogP contribution in [0, 0.1) is 6.92 Å². The van der Waals surface area contributed by atoms with E-state index in [9.17, 15) is 4.79 Å². The van der Waals surface area contributed by atoms with Crippen LogP contribution in [-0.4, -0.2) is 35.1 Å². The summed E-state index contributed by atoms with van der Waals surface area (Å²) in [6.45, 7) is 1.98. The summed E-state index contributed by atoms with van der Waals surface area (Å²) in [6.07, 6.45) is 11.6. The molecule has 2 aliphatic carbocycles. The maximum Gasteiger partial charge on any atom is 0.348 e. The second kappa shape index (κ2) is 8.54. The maximum absolute atomic E-state index is 12.9. The molecule has 0 spiro atoms. The average molecular weight is 422 g/mol. The van der Waals surface area contributed by atoms with Crippen molar-refractivity contribution >= 4 is 44.9 Å². The molecule has 2 aromatic rings. The first-order valence-corrected chi connectivity index (χ1v) is 11.6. The third kappa shape index (κ3) is 3.99. The third-order valence-corrected chi connectivity index (χ3v) is 7.55. The number of esters is 1. The Kier molecular flexibility index (Phi) is 6.07. The van der Waals surface area contributed by atoms with Gasteiger partial charge in [0.1, 0.15) is 21.6 Å². The van der Waals surface area contributed by atoms with E-state index in [2.05, 4.69) is 21.9 Å². The number of carbonyl (C=O) groups is 1. The fraction of sp³-hybridized carbons (Fsp3) is 0.667. The SMILES string of the molecule is Cc1c(C(=O)OC2CCCCC2)sc2nc(Cl)nc(N(C)C3CCCCC3)c12. The van der Waals surface area contributed by atoms with Crippen molar-refractivity contribution in [3.05, 3.63) is 15.7 Å². The number of nitrogens with zero attached hydrogens (tertiary/aromatic N) is 3. The molecular formula is C21H28ClN3O2S. The Morgan fingerprint density at radius 1 is 1.07 bits per heavy atom. The van der Waals surface area contributed by atoms with E-state index in [0.717, 1.165) is 47.3 Å². The standard InChI is InChI=1S/C21H28ClN3O2S/c1-13-16-18(25(2)14-9-5-3-6-10-14)23-21(22)24-19(16)28-17(13)20(26)27-15-11-7-4-8-12-15/h14-15H,3-12H2,1-2H3. The lowest BCUT2D eigenvalue weighted by Gasteiger charge is -2.32. The molecule has 0 unspecified atom stereocenters. The molecule has 0 amide bonds. The number of anilines is 1. The highest BCUT2D eigenvalue weighted by molar-refractivity contribution is 7.20. The van der Waals surface area contributed by atoms with Crippen molar-refractivity contribution in [3.63, 3.8) is 0 Å². The highest BCUT2D eigenvalue weighted by Crippen LogP contribution is 2.38. The third-order valence-electron chi connectivity index (χ3n) is 6.21. The van der Waals surface area contributed by atoms with Gasteiger partial charge >= 0.3 is 5.97 Å². The number of thiophene rings is 1. The Bertz CT molecular complexity index is 857. The lowest BCUT2D eigenvalue weighted by atomic mass is 9.94. The van der Waals surface area contributed by atoms with Gasteiger partial charge in [0.2, 0.25) is 5.28 Å². The van der Waals surface area contributed by atoms with Gasteiger partial charge < -0.3 is 9.64 Å². The molecule has 2 aromatic heterocycles. The summed E-state index contributed by atoms with van der Waals surface area (Å²) in [5.41, 5.74) is 0.912. The van der Waals surface area contributed by atoms with Gasteiger partial charge in [-0.15, -0.1) is 11.3 Å². The van der Waals surface area contributed by atoms with Gasteiger partial charge in [0, 0.05) is 13.1 Å². The van der Waals surface area contributed by atoms with Gasteiger partial charge in [0.15, 0.2) is 0 Å². The van der Waals surface area contributed by atoms with Crippen molar-refractivity contribution in [2.75, 3.05) is 11.9 Å². The number of carbonyl (C=O) groups excluding carboxylic acids is 1. The molecule has 152 valence electrons. The van der Waals surface area contributed by atoms with Crippen molar-refractivity contribution in [2.45, 2.75) is 83.3 Å². The number of hydrogen-bond acceptors (Lipinski definition) is 6. The monoisotopic (exact) mass is 421 g/mol. The quantitative estimate of drug-likeness (QED) is 0.453. The smallest absolute Gasteiger partial charge is 0.348 e. The van der Waals surface area contributed by atoms with Crippen LogP contribution in [0.2, 0.25) is 5.28 Å². The molecule has 5 nitrogen and oxygen atoms in total. The maximum atomic E-state index is 12.9. The van der Waals surface area contributed by atoms with Crippen LogP contribution in [0.15, 0.2) is 0 Å². The van der Waals surface area contributed by atoms with Crippen LogP contribution in [0.3, 0.4) is 0 Å². The van der Waals surface area contributed by atoms with Crippen LogP contribution < -0.4 is 4.90 Å². The van der Waals surface area contributed by atoms with Crippen molar-refractivity contribution in [1.29, 1.82) is 0 Å². The fourth-order valence-corrected chi connectivity index (χ4v) is 5.84. The van der Waals surface area contributed by atoms with Crippen LogP contribution >= 0.6 is 22.9 Å². The highest BCUT2D eigenvalue weighted by atomic mass is 35.5. The summed E-state index contributed by atoms with van der Waals surface area (Å²) in [6, 6.07) is 0.458. The van der Waals surface area contributed by atoms with E-state index in [0.29, 0.717) is 10.9 Å². The Labute approximate surface area is 175 Å². The molecular weight excluding hydrogens is 394 g/mol. The first-order valence-electron chi connectivity index (χ1n) is 10.4. The Morgan fingerprint density at radius 2 is 1.71 bits per heavy atom. The van der Waals surface area contributed by atoms with Gasteiger partial charge in [-0.1, -0.05) is 25.7 Å². The van der Waals surface area contributed by atoms with E-state index < -0.39 is 0 Å². The zero-order valence-electron chi connectivity index (χ0n) is 16.7. The largest absolute Gasteiger partial charge is 0.458 e. The van der Waals surface area contributed by atoms with Crippen LogP contribution in [0.1, 0.15) is 79.4 Å².